The van der Waals surface area contributed by atoms with E-state index in [1.165, 1.54) is 30.4 Å². The molecule has 1 fully saturated rings. The molecule has 0 aliphatic heterocycles. The first-order valence-corrected chi connectivity index (χ1v) is 6.77. The molecular formula is C16H25N. The highest BCUT2D eigenvalue weighted by Crippen LogP contribution is 2.34. The molecule has 1 nitrogen and oxygen atoms in total. The summed E-state index contributed by atoms with van der Waals surface area (Å²) in [4.78, 5) is 0. The van der Waals surface area contributed by atoms with E-state index in [1.807, 2.05) is 0 Å². The Morgan fingerprint density at radius 2 is 1.76 bits per heavy atom. The fourth-order valence-electron chi connectivity index (χ4n) is 2.40. The molecule has 1 heteroatoms. The van der Waals surface area contributed by atoms with E-state index < -0.39 is 0 Å². The molecular weight excluding hydrogens is 206 g/mol. The molecule has 0 saturated heterocycles. The molecule has 1 saturated carbocycles. The van der Waals surface area contributed by atoms with E-state index >= 15 is 0 Å². The van der Waals surface area contributed by atoms with Gasteiger partial charge in [0.1, 0.15) is 0 Å². The van der Waals surface area contributed by atoms with Crippen LogP contribution in [0.25, 0.3) is 0 Å². The van der Waals surface area contributed by atoms with E-state index in [9.17, 15) is 0 Å². The summed E-state index contributed by atoms with van der Waals surface area (Å²) in [6.45, 7) is 6.80. The fourth-order valence-corrected chi connectivity index (χ4v) is 2.40. The van der Waals surface area contributed by atoms with E-state index in [0.29, 0.717) is 6.04 Å². The molecule has 0 amide bonds. The van der Waals surface area contributed by atoms with Crippen molar-refractivity contribution in [3.63, 3.8) is 0 Å². The summed E-state index contributed by atoms with van der Waals surface area (Å²) in [6, 6.07) is 9.85. The summed E-state index contributed by atoms with van der Waals surface area (Å²) >= 11 is 0. The van der Waals surface area contributed by atoms with Crippen LogP contribution in [-0.2, 0) is 11.8 Å². The van der Waals surface area contributed by atoms with Crippen molar-refractivity contribution in [1.29, 1.82) is 0 Å². The summed E-state index contributed by atoms with van der Waals surface area (Å²) < 4.78 is 0. The van der Waals surface area contributed by atoms with Crippen LogP contribution < -0.4 is 5.32 Å². The molecule has 1 aliphatic carbocycles. The zero-order valence-corrected chi connectivity index (χ0v) is 11.6. The average Bonchev–Trinajstić information content (AvgIpc) is 3.09. The van der Waals surface area contributed by atoms with Crippen LogP contribution in [0.5, 0.6) is 0 Å². The van der Waals surface area contributed by atoms with Gasteiger partial charge in [-0.05, 0) is 48.8 Å². The molecule has 17 heavy (non-hydrogen) atoms. The summed E-state index contributed by atoms with van der Waals surface area (Å²) in [5.41, 5.74) is 3.15. The lowest BCUT2D eigenvalue weighted by molar-refractivity contribution is 0.500. The van der Waals surface area contributed by atoms with Crippen LogP contribution in [0.3, 0.4) is 0 Å². The largest absolute Gasteiger partial charge is 0.316 e. The van der Waals surface area contributed by atoms with Gasteiger partial charge in [-0.1, -0.05) is 45.0 Å². The maximum atomic E-state index is 3.46. The summed E-state index contributed by atoms with van der Waals surface area (Å²) in [7, 11) is 2.09. The quantitative estimate of drug-likeness (QED) is 0.836. The van der Waals surface area contributed by atoms with Gasteiger partial charge in [-0.2, -0.15) is 0 Å². The molecule has 0 heterocycles. The first kappa shape index (κ1) is 12.6. The van der Waals surface area contributed by atoms with Crippen molar-refractivity contribution in [2.45, 2.75) is 51.5 Å². The van der Waals surface area contributed by atoms with E-state index in [1.54, 1.807) is 0 Å². The van der Waals surface area contributed by atoms with Gasteiger partial charge >= 0.3 is 0 Å². The molecule has 2 rings (SSSR count). The maximum Gasteiger partial charge on any atom is 0.0133 e. The highest BCUT2D eigenvalue weighted by Gasteiger charge is 2.29. The number of benzene rings is 1. The van der Waals surface area contributed by atoms with E-state index in [-0.39, 0.29) is 5.41 Å². The minimum atomic E-state index is 0.261. The van der Waals surface area contributed by atoms with Gasteiger partial charge in [0.2, 0.25) is 0 Å². The van der Waals surface area contributed by atoms with Gasteiger partial charge in [0.15, 0.2) is 0 Å². The second-order valence-corrected chi connectivity index (χ2v) is 6.38. The molecule has 1 aliphatic rings. The number of likely N-dealkylation sites (N-methyl/N-ethyl adjacent to an activating group) is 1. The molecule has 1 unspecified atom stereocenters. The Hall–Kier alpha value is -0.820. The van der Waals surface area contributed by atoms with Crippen molar-refractivity contribution in [3.8, 4) is 0 Å². The SMILES string of the molecule is CNC(Cc1ccc(C(C)(C)C)cc1)C1CC1. The average molecular weight is 231 g/mol. The molecule has 0 spiro atoms. The van der Waals surface area contributed by atoms with Crippen LogP contribution in [-0.4, -0.2) is 13.1 Å². The first-order valence-electron chi connectivity index (χ1n) is 6.77. The zero-order valence-electron chi connectivity index (χ0n) is 11.6. The van der Waals surface area contributed by atoms with Crippen LogP contribution in [0.15, 0.2) is 24.3 Å². The predicted octanol–water partition coefficient (Wildman–Crippen LogP) is 3.52. The van der Waals surface area contributed by atoms with Gasteiger partial charge in [-0.15, -0.1) is 0 Å². The molecule has 94 valence electrons. The van der Waals surface area contributed by atoms with Crippen LogP contribution >= 0.6 is 0 Å². The topological polar surface area (TPSA) is 12.0 Å². The van der Waals surface area contributed by atoms with Crippen molar-refractivity contribution in [1.82, 2.24) is 5.32 Å². The van der Waals surface area contributed by atoms with Crippen molar-refractivity contribution in [2.24, 2.45) is 5.92 Å². The smallest absolute Gasteiger partial charge is 0.0133 e. The summed E-state index contributed by atoms with van der Waals surface area (Å²) in [5.74, 6) is 0.919. The Labute approximate surface area is 106 Å². The van der Waals surface area contributed by atoms with Crippen LogP contribution in [0.4, 0.5) is 0 Å². The summed E-state index contributed by atoms with van der Waals surface area (Å²) in [5, 5.41) is 3.46. The number of hydrogen-bond donors (Lipinski definition) is 1. The molecule has 1 aromatic carbocycles. The zero-order chi connectivity index (χ0) is 12.5. The van der Waals surface area contributed by atoms with Crippen LogP contribution in [0.1, 0.15) is 44.7 Å². The Morgan fingerprint density at radius 1 is 1.18 bits per heavy atom. The second-order valence-electron chi connectivity index (χ2n) is 6.38. The normalized spacial score (nSPS) is 18.1. The highest BCUT2D eigenvalue weighted by atomic mass is 14.9. The molecule has 1 aromatic rings. The highest BCUT2D eigenvalue weighted by molar-refractivity contribution is 5.28. The Kier molecular flexibility index (Phi) is 3.58. The van der Waals surface area contributed by atoms with E-state index in [4.69, 9.17) is 0 Å². The van der Waals surface area contributed by atoms with Gasteiger partial charge in [0.25, 0.3) is 0 Å². The maximum absolute atomic E-state index is 3.46. The number of rotatable bonds is 4. The van der Waals surface area contributed by atoms with Gasteiger partial charge in [0.05, 0.1) is 0 Å². The van der Waals surface area contributed by atoms with Gasteiger partial charge in [0, 0.05) is 6.04 Å². The minimum absolute atomic E-state index is 0.261. The van der Waals surface area contributed by atoms with E-state index in [2.05, 4.69) is 57.4 Å². The third-order valence-electron chi connectivity index (χ3n) is 3.84. The van der Waals surface area contributed by atoms with Crippen LogP contribution in [0.2, 0.25) is 0 Å². The Balaban J connectivity index is 2.02. The second kappa shape index (κ2) is 4.81. The fraction of sp³-hybridized carbons (Fsp3) is 0.625. The van der Waals surface area contributed by atoms with Gasteiger partial charge in [-0.3, -0.25) is 0 Å². The predicted molar refractivity (Wildman–Crippen MR) is 74.4 cm³/mol. The van der Waals surface area contributed by atoms with Crippen LogP contribution in [0, 0.1) is 5.92 Å². The van der Waals surface area contributed by atoms with E-state index in [0.717, 1.165) is 5.92 Å². The van der Waals surface area contributed by atoms with Crippen molar-refractivity contribution < 1.29 is 0 Å². The molecule has 0 aromatic heterocycles. The van der Waals surface area contributed by atoms with Crippen molar-refractivity contribution in [3.05, 3.63) is 35.4 Å². The third-order valence-corrected chi connectivity index (χ3v) is 3.84. The van der Waals surface area contributed by atoms with Crippen molar-refractivity contribution >= 4 is 0 Å². The number of nitrogens with one attached hydrogen (secondary N) is 1. The Bertz CT molecular complexity index is 354. The lowest BCUT2D eigenvalue weighted by Gasteiger charge is -2.20. The van der Waals surface area contributed by atoms with Gasteiger partial charge in [-0.25, -0.2) is 0 Å². The first-order chi connectivity index (χ1) is 8.00. The molecule has 0 bridgehead atoms. The number of hydrogen-bond acceptors (Lipinski definition) is 1. The molecule has 0 radical (unpaired) electrons. The summed E-state index contributed by atoms with van der Waals surface area (Å²) in [6.07, 6.45) is 3.99. The Morgan fingerprint density at radius 3 is 2.18 bits per heavy atom. The molecule has 1 atom stereocenters. The minimum Gasteiger partial charge on any atom is -0.316 e. The molecule has 1 N–H and O–H groups in total. The lowest BCUT2D eigenvalue weighted by atomic mass is 9.86. The standard InChI is InChI=1S/C16H25N/c1-16(2,3)14-9-5-12(6-10-14)11-15(17-4)13-7-8-13/h5-6,9-10,13,15,17H,7-8,11H2,1-4H3. The third kappa shape index (κ3) is 3.32. The lowest BCUT2D eigenvalue weighted by Crippen LogP contribution is -2.29. The monoisotopic (exact) mass is 231 g/mol. The van der Waals surface area contributed by atoms with Crippen molar-refractivity contribution in [2.75, 3.05) is 7.05 Å². The van der Waals surface area contributed by atoms with Gasteiger partial charge < -0.3 is 5.32 Å².